The molecular weight excluding hydrogens is 276 g/mol. The van der Waals surface area contributed by atoms with Gasteiger partial charge in [0.05, 0.1) is 12.6 Å². The van der Waals surface area contributed by atoms with Crippen molar-refractivity contribution in [1.82, 2.24) is 10.6 Å². The molecule has 0 saturated heterocycles. The molecule has 0 aliphatic carbocycles. The lowest BCUT2D eigenvalue weighted by Crippen LogP contribution is -2.40. The second-order valence-electron chi connectivity index (χ2n) is 5.36. The van der Waals surface area contributed by atoms with Crippen LogP contribution in [0, 0.1) is 0 Å². The van der Waals surface area contributed by atoms with Crippen LogP contribution in [0.2, 0.25) is 0 Å². The maximum Gasteiger partial charge on any atom is 0.315 e. The normalized spacial score (nSPS) is 16.3. The first-order chi connectivity index (χ1) is 10.8. The van der Waals surface area contributed by atoms with E-state index >= 15 is 0 Å². The Kier molecular flexibility index (Phi) is 4.59. The highest BCUT2D eigenvalue weighted by atomic mass is 16.5. The molecule has 0 aromatic heterocycles. The van der Waals surface area contributed by atoms with Crippen LogP contribution >= 0.6 is 0 Å². The van der Waals surface area contributed by atoms with Crippen molar-refractivity contribution in [2.24, 2.45) is 0 Å². The summed E-state index contributed by atoms with van der Waals surface area (Å²) in [6.45, 7) is 1.26. The van der Waals surface area contributed by atoms with E-state index in [1.165, 1.54) is 5.56 Å². The van der Waals surface area contributed by atoms with Crippen molar-refractivity contribution in [3.8, 4) is 5.75 Å². The first kappa shape index (κ1) is 14.4. The number of carbonyl (C=O) groups is 1. The maximum atomic E-state index is 12.0. The van der Waals surface area contributed by atoms with E-state index in [1.807, 2.05) is 42.5 Å². The molecule has 2 amide bonds. The molecule has 3 rings (SSSR count). The number of rotatable bonds is 4. The molecule has 22 heavy (non-hydrogen) atoms. The summed E-state index contributed by atoms with van der Waals surface area (Å²) in [7, 11) is 0. The van der Waals surface area contributed by atoms with Crippen molar-refractivity contribution in [3.05, 3.63) is 65.7 Å². The molecular formula is C18H20N2O2. The third-order valence-electron chi connectivity index (χ3n) is 3.81. The number of carbonyl (C=O) groups excluding carboxylic acids is 1. The summed E-state index contributed by atoms with van der Waals surface area (Å²) in [5.41, 5.74) is 2.27. The highest BCUT2D eigenvalue weighted by molar-refractivity contribution is 5.74. The molecule has 0 fully saturated rings. The van der Waals surface area contributed by atoms with Crippen LogP contribution in [0.15, 0.2) is 54.6 Å². The summed E-state index contributed by atoms with van der Waals surface area (Å²) in [4.78, 5) is 12.0. The number of hydrogen-bond donors (Lipinski definition) is 2. The zero-order chi connectivity index (χ0) is 15.2. The molecule has 4 nitrogen and oxygen atoms in total. The fraction of sp³-hybridized carbons (Fsp3) is 0.278. The Labute approximate surface area is 130 Å². The number of ether oxygens (including phenoxy) is 1. The quantitative estimate of drug-likeness (QED) is 0.911. The molecule has 1 aliphatic heterocycles. The molecule has 0 saturated carbocycles. The van der Waals surface area contributed by atoms with E-state index in [1.54, 1.807) is 0 Å². The zero-order valence-corrected chi connectivity index (χ0v) is 12.4. The number of nitrogens with one attached hydrogen (secondary N) is 2. The predicted molar refractivity (Wildman–Crippen MR) is 86.0 cm³/mol. The molecule has 114 valence electrons. The summed E-state index contributed by atoms with van der Waals surface area (Å²) >= 11 is 0. The van der Waals surface area contributed by atoms with E-state index in [9.17, 15) is 4.79 Å². The Bertz CT molecular complexity index is 628. The van der Waals surface area contributed by atoms with Gasteiger partial charge in [-0.05, 0) is 18.1 Å². The van der Waals surface area contributed by atoms with Gasteiger partial charge in [-0.3, -0.25) is 0 Å². The molecule has 2 N–H and O–H groups in total. The highest BCUT2D eigenvalue weighted by Crippen LogP contribution is 2.31. The van der Waals surface area contributed by atoms with Crippen molar-refractivity contribution in [2.75, 3.05) is 13.2 Å². The van der Waals surface area contributed by atoms with Crippen LogP contribution < -0.4 is 15.4 Å². The molecule has 4 heteroatoms. The number of hydrogen-bond acceptors (Lipinski definition) is 2. The van der Waals surface area contributed by atoms with Crippen molar-refractivity contribution in [3.63, 3.8) is 0 Å². The van der Waals surface area contributed by atoms with E-state index in [0.717, 1.165) is 24.2 Å². The molecule has 0 spiro atoms. The lowest BCUT2D eigenvalue weighted by atomic mass is 10.0. The van der Waals surface area contributed by atoms with Gasteiger partial charge in [0, 0.05) is 18.5 Å². The molecule has 0 bridgehead atoms. The Morgan fingerprint density at radius 2 is 1.86 bits per heavy atom. The van der Waals surface area contributed by atoms with Crippen LogP contribution in [0.25, 0.3) is 0 Å². The molecule has 1 atom stereocenters. The minimum absolute atomic E-state index is 0.0154. The van der Waals surface area contributed by atoms with Gasteiger partial charge in [-0.25, -0.2) is 4.79 Å². The van der Waals surface area contributed by atoms with Gasteiger partial charge < -0.3 is 15.4 Å². The summed E-state index contributed by atoms with van der Waals surface area (Å²) < 4.78 is 5.60. The van der Waals surface area contributed by atoms with E-state index in [2.05, 4.69) is 22.8 Å². The highest BCUT2D eigenvalue weighted by Gasteiger charge is 2.22. The molecule has 0 radical (unpaired) electrons. The minimum Gasteiger partial charge on any atom is -0.493 e. The number of para-hydroxylation sites is 1. The number of benzene rings is 2. The third kappa shape index (κ3) is 3.58. The Balaban J connectivity index is 1.50. The van der Waals surface area contributed by atoms with Gasteiger partial charge >= 0.3 is 6.03 Å². The summed E-state index contributed by atoms with van der Waals surface area (Å²) in [5, 5.41) is 5.95. The Hall–Kier alpha value is -2.49. The second-order valence-corrected chi connectivity index (χ2v) is 5.36. The van der Waals surface area contributed by atoms with Crippen molar-refractivity contribution < 1.29 is 9.53 Å². The predicted octanol–water partition coefficient (Wildman–Crippen LogP) is 3.05. The lowest BCUT2D eigenvalue weighted by molar-refractivity contribution is 0.223. The number of amides is 2. The van der Waals surface area contributed by atoms with Crippen LogP contribution in [0.3, 0.4) is 0 Å². The zero-order valence-electron chi connectivity index (χ0n) is 12.4. The van der Waals surface area contributed by atoms with Gasteiger partial charge in [-0.15, -0.1) is 0 Å². The Morgan fingerprint density at radius 1 is 1.09 bits per heavy atom. The van der Waals surface area contributed by atoms with Gasteiger partial charge in [-0.2, -0.15) is 0 Å². The number of urea groups is 1. The summed E-state index contributed by atoms with van der Waals surface area (Å²) in [6, 6.07) is 17.9. The SMILES string of the molecule is O=C(NCCc1ccccc1)NC1CCOc2ccccc21. The average molecular weight is 296 g/mol. The van der Waals surface area contributed by atoms with Gasteiger partial charge in [-0.1, -0.05) is 48.5 Å². The second kappa shape index (κ2) is 6.98. The molecule has 2 aromatic carbocycles. The fourth-order valence-corrected chi connectivity index (χ4v) is 2.67. The van der Waals surface area contributed by atoms with Crippen LogP contribution in [0.4, 0.5) is 4.79 Å². The minimum atomic E-state index is -0.127. The van der Waals surface area contributed by atoms with E-state index in [4.69, 9.17) is 4.74 Å². The number of fused-ring (bicyclic) bond motifs is 1. The summed E-state index contributed by atoms with van der Waals surface area (Å²) in [6.07, 6.45) is 1.63. The van der Waals surface area contributed by atoms with Crippen LogP contribution in [0.5, 0.6) is 5.75 Å². The maximum absolute atomic E-state index is 12.0. The van der Waals surface area contributed by atoms with Gasteiger partial charge in [0.2, 0.25) is 0 Å². The van der Waals surface area contributed by atoms with Crippen molar-refractivity contribution >= 4 is 6.03 Å². The molecule has 1 aliphatic rings. The first-order valence-corrected chi connectivity index (χ1v) is 7.63. The molecule has 1 heterocycles. The monoisotopic (exact) mass is 296 g/mol. The Morgan fingerprint density at radius 3 is 2.73 bits per heavy atom. The lowest BCUT2D eigenvalue weighted by Gasteiger charge is -2.26. The summed E-state index contributed by atoms with van der Waals surface area (Å²) in [5.74, 6) is 0.864. The van der Waals surface area contributed by atoms with Crippen molar-refractivity contribution in [1.29, 1.82) is 0 Å². The van der Waals surface area contributed by atoms with Crippen LogP contribution in [0.1, 0.15) is 23.6 Å². The van der Waals surface area contributed by atoms with Crippen molar-refractivity contribution in [2.45, 2.75) is 18.9 Å². The standard InChI is InChI=1S/C18H20N2O2/c21-18(19-12-10-14-6-2-1-3-7-14)20-16-11-13-22-17-9-5-4-8-15(16)17/h1-9,16H,10-13H2,(H2,19,20,21). The van der Waals surface area contributed by atoms with E-state index < -0.39 is 0 Å². The fourth-order valence-electron chi connectivity index (χ4n) is 2.67. The van der Waals surface area contributed by atoms with Gasteiger partial charge in [0.25, 0.3) is 0 Å². The topological polar surface area (TPSA) is 50.4 Å². The smallest absolute Gasteiger partial charge is 0.315 e. The van der Waals surface area contributed by atoms with E-state index in [-0.39, 0.29) is 12.1 Å². The van der Waals surface area contributed by atoms with Gasteiger partial charge in [0.15, 0.2) is 0 Å². The molecule has 1 unspecified atom stereocenters. The molecule has 2 aromatic rings. The van der Waals surface area contributed by atoms with E-state index in [0.29, 0.717) is 13.2 Å². The van der Waals surface area contributed by atoms with Gasteiger partial charge in [0.1, 0.15) is 5.75 Å². The first-order valence-electron chi connectivity index (χ1n) is 7.63. The average Bonchev–Trinajstić information content (AvgIpc) is 2.56. The van der Waals surface area contributed by atoms with Crippen LogP contribution in [-0.2, 0) is 6.42 Å². The third-order valence-corrected chi connectivity index (χ3v) is 3.81. The van der Waals surface area contributed by atoms with Crippen LogP contribution in [-0.4, -0.2) is 19.2 Å². The largest absolute Gasteiger partial charge is 0.493 e.